The first-order valence-electron chi connectivity index (χ1n) is 6.86. The van der Waals surface area contributed by atoms with Gasteiger partial charge < -0.3 is 4.74 Å². The highest BCUT2D eigenvalue weighted by atomic mass is 79.9. The number of nitrogens with one attached hydrogen (secondary N) is 1. The summed E-state index contributed by atoms with van der Waals surface area (Å²) < 4.78 is 8.68. The van der Waals surface area contributed by atoms with Crippen molar-refractivity contribution in [3.05, 3.63) is 75.2 Å². The molecule has 1 N–H and O–H groups in total. The molecule has 0 spiro atoms. The van der Waals surface area contributed by atoms with E-state index in [1.165, 1.54) is 0 Å². The Balaban J connectivity index is 1.76. The standard InChI is InChI=1S/C16H13BrN4OS/c17-13-8-6-12(7-9-13)10-18-21-15(19-20-16(21)23)11-22-14-4-2-1-3-5-14/h1-10H,11H2,(H,20,23)/b18-10+. The molecule has 0 aliphatic carbocycles. The lowest BCUT2D eigenvalue weighted by Crippen LogP contribution is -2.04. The average molecular weight is 389 g/mol. The highest BCUT2D eigenvalue weighted by molar-refractivity contribution is 9.10. The molecule has 2 aromatic carbocycles. The van der Waals surface area contributed by atoms with E-state index < -0.39 is 0 Å². The Morgan fingerprint density at radius 2 is 1.91 bits per heavy atom. The summed E-state index contributed by atoms with van der Waals surface area (Å²) in [6.07, 6.45) is 1.73. The van der Waals surface area contributed by atoms with Crippen molar-refractivity contribution in [3.63, 3.8) is 0 Å². The van der Waals surface area contributed by atoms with Gasteiger partial charge >= 0.3 is 0 Å². The topological polar surface area (TPSA) is 55.2 Å². The van der Waals surface area contributed by atoms with E-state index in [0.717, 1.165) is 15.8 Å². The maximum Gasteiger partial charge on any atom is 0.216 e. The number of nitrogens with zero attached hydrogens (tertiary/aromatic N) is 3. The molecule has 0 amide bonds. The van der Waals surface area contributed by atoms with Gasteiger partial charge in [-0.25, -0.2) is 5.10 Å². The summed E-state index contributed by atoms with van der Waals surface area (Å²) in [6, 6.07) is 17.4. The number of para-hydroxylation sites is 1. The molecular weight excluding hydrogens is 376 g/mol. The van der Waals surface area contributed by atoms with E-state index in [9.17, 15) is 0 Å². The van der Waals surface area contributed by atoms with Crippen molar-refractivity contribution >= 4 is 34.4 Å². The monoisotopic (exact) mass is 388 g/mol. The van der Waals surface area contributed by atoms with Crippen molar-refractivity contribution in [1.29, 1.82) is 0 Å². The van der Waals surface area contributed by atoms with Gasteiger partial charge in [0.1, 0.15) is 12.4 Å². The second-order valence-electron chi connectivity index (χ2n) is 4.65. The van der Waals surface area contributed by atoms with Crippen molar-refractivity contribution in [2.75, 3.05) is 0 Å². The van der Waals surface area contributed by atoms with Gasteiger partial charge in [0.15, 0.2) is 5.82 Å². The lowest BCUT2D eigenvalue weighted by molar-refractivity contribution is 0.290. The highest BCUT2D eigenvalue weighted by Gasteiger charge is 2.06. The first kappa shape index (κ1) is 15.6. The molecule has 0 aliphatic rings. The Labute approximate surface area is 146 Å². The van der Waals surface area contributed by atoms with E-state index in [1.807, 2.05) is 54.6 Å². The molecule has 0 fully saturated rings. The molecule has 1 aromatic heterocycles. The van der Waals surface area contributed by atoms with Crippen LogP contribution in [0.25, 0.3) is 0 Å². The zero-order chi connectivity index (χ0) is 16.1. The number of halogens is 1. The van der Waals surface area contributed by atoms with Crippen LogP contribution >= 0.6 is 28.1 Å². The fraction of sp³-hybridized carbons (Fsp3) is 0.0625. The molecule has 0 saturated carbocycles. The number of ether oxygens (including phenoxy) is 1. The lowest BCUT2D eigenvalue weighted by atomic mass is 10.2. The van der Waals surface area contributed by atoms with E-state index in [4.69, 9.17) is 17.0 Å². The zero-order valence-electron chi connectivity index (χ0n) is 12.0. The van der Waals surface area contributed by atoms with Gasteiger partial charge in [0.25, 0.3) is 0 Å². The highest BCUT2D eigenvalue weighted by Crippen LogP contribution is 2.11. The van der Waals surface area contributed by atoms with Crippen LogP contribution in [0.5, 0.6) is 5.75 Å². The molecule has 3 aromatic rings. The van der Waals surface area contributed by atoms with Crippen LogP contribution in [-0.2, 0) is 6.61 Å². The van der Waals surface area contributed by atoms with Crippen LogP contribution in [0.1, 0.15) is 11.4 Å². The SMILES string of the molecule is S=c1[nH]nc(COc2ccccc2)n1/N=C/c1ccc(Br)cc1. The molecule has 3 rings (SSSR count). The molecule has 0 saturated heterocycles. The van der Waals surface area contributed by atoms with Gasteiger partial charge in [-0.05, 0) is 42.0 Å². The van der Waals surface area contributed by atoms with Gasteiger partial charge in [-0.15, -0.1) is 0 Å². The van der Waals surface area contributed by atoms with Gasteiger partial charge in [0.05, 0.1) is 6.21 Å². The van der Waals surface area contributed by atoms with Gasteiger partial charge in [0.2, 0.25) is 4.77 Å². The van der Waals surface area contributed by atoms with Gasteiger partial charge in [-0.1, -0.05) is 46.3 Å². The summed E-state index contributed by atoms with van der Waals surface area (Å²) in [6.45, 7) is 0.273. The fourth-order valence-electron chi connectivity index (χ4n) is 1.87. The molecule has 7 heteroatoms. The van der Waals surface area contributed by atoms with E-state index in [2.05, 4.69) is 31.2 Å². The summed E-state index contributed by atoms with van der Waals surface area (Å²) >= 11 is 8.61. The molecule has 1 heterocycles. The number of rotatable bonds is 5. The predicted molar refractivity (Wildman–Crippen MR) is 95.3 cm³/mol. The fourth-order valence-corrected chi connectivity index (χ4v) is 2.34. The minimum absolute atomic E-state index is 0.273. The number of aromatic amines is 1. The number of H-pyrrole nitrogens is 1. The third kappa shape index (κ3) is 4.14. The molecule has 0 radical (unpaired) electrons. The number of hydrogen-bond donors (Lipinski definition) is 1. The minimum atomic E-state index is 0.273. The maximum absolute atomic E-state index is 5.68. The number of benzene rings is 2. The molecule has 0 atom stereocenters. The predicted octanol–water partition coefficient (Wildman–Crippen LogP) is 4.16. The van der Waals surface area contributed by atoms with E-state index in [-0.39, 0.29) is 6.61 Å². The number of aromatic nitrogens is 3. The van der Waals surface area contributed by atoms with Crippen molar-refractivity contribution in [1.82, 2.24) is 14.9 Å². The van der Waals surface area contributed by atoms with Crippen LogP contribution in [0.3, 0.4) is 0 Å². The second-order valence-corrected chi connectivity index (χ2v) is 5.96. The minimum Gasteiger partial charge on any atom is -0.486 e. The Kier molecular flexibility index (Phi) is 4.99. The molecule has 0 bridgehead atoms. The zero-order valence-corrected chi connectivity index (χ0v) is 14.4. The summed E-state index contributed by atoms with van der Waals surface area (Å²) in [5.41, 5.74) is 0.964. The van der Waals surface area contributed by atoms with Crippen molar-refractivity contribution in [3.8, 4) is 5.75 Å². The molecule has 5 nitrogen and oxygen atoms in total. The third-order valence-corrected chi connectivity index (χ3v) is 3.81. The number of hydrogen-bond acceptors (Lipinski definition) is 4. The van der Waals surface area contributed by atoms with Crippen LogP contribution in [0, 0.1) is 4.77 Å². The Bertz CT molecular complexity index is 856. The smallest absolute Gasteiger partial charge is 0.216 e. The first-order valence-corrected chi connectivity index (χ1v) is 8.06. The van der Waals surface area contributed by atoms with Crippen molar-refractivity contribution in [2.45, 2.75) is 6.61 Å². The molecular formula is C16H13BrN4OS. The molecule has 0 unspecified atom stereocenters. The molecule has 0 aliphatic heterocycles. The normalized spacial score (nSPS) is 11.0. The average Bonchev–Trinajstić information content (AvgIpc) is 2.93. The van der Waals surface area contributed by atoms with Crippen LogP contribution in [0.2, 0.25) is 0 Å². The Hall–Kier alpha value is -2.25. The van der Waals surface area contributed by atoms with E-state index >= 15 is 0 Å². The second kappa shape index (κ2) is 7.34. The first-order chi connectivity index (χ1) is 11.2. The van der Waals surface area contributed by atoms with Crippen LogP contribution < -0.4 is 4.74 Å². The van der Waals surface area contributed by atoms with Crippen LogP contribution in [0.15, 0.2) is 64.2 Å². The lowest BCUT2D eigenvalue weighted by Gasteiger charge is -2.04. The summed E-state index contributed by atoms with van der Waals surface area (Å²) in [4.78, 5) is 0. The molecule has 23 heavy (non-hydrogen) atoms. The summed E-state index contributed by atoms with van der Waals surface area (Å²) in [7, 11) is 0. The maximum atomic E-state index is 5.68. The van der Waals surface area contributed by atoms with Crippen molar-refractivity contribution < 1.29 is 4.74 Å². The van der Waals surface area contributed by atoms with E-state index in [1.54, 1.807) is 10.9 Å². The summed E-state index contributed by atoms with van der Waals surface area (Å²) in [5.74, 6) is 1.37. The largest absolute Gasteiger partial charge is 0.486 e. The van der Waals surface area contributed by atoms with E-state index in [0.29, 0.717) is 10.6 Å². The quantitative estimate of drug-likeness (QED) is 0.527. The van der Waals surface area contributed by atoms with Crippen LogP contribution in [-0.4, -0.2) is 21.1 Å². The Morgan fingerprint density at radius 1 is 1.17 bits per heavy atom. The van der Waals surface area contributed by atoms with Gasteiger partial charge in [-0.3, -0.25) is 0 Å². The van der Waals surface area contributed by atoms with Gasteiger partial charge in [-0.2, -0.15) is 14.9 Å². The third-order valence-electron chi connectivity index (χ3n) is 3.02. The summed E-state index contributed by atoms with van der Waals surface area (Å²) in [5, 5.41) is 11.3. The van der Waals surface area contributed by atoms with Crippen LogP contribution in [0.4, 0.5) is 0 Å². The van der Waals surface area contributed by atoms with Gasteiger partial charge in [0, 0.05) is 4.47 Å². The Morgan fingerprint density at radius 3 is 2.65 bits per heavy atom. The molecule has 116 valence electrons. The van der Waals surface area contributed by atoms with Crippen molar-refractivity contribution in [2.24, 2.45) is 5.10 Å².